The minimum absolute atomic E-state index is 0.110. The number of hydrogen-bond donors (Lipinski definition) is 1. The van der Waals surface area contributed by atoms with Gasteiger partial charge in [-0.05, 0) is 49.1 Å². The highest BCUT2D eigenvalue weighted by Crippen LogP contribution is 2.40. The minimum Gasteiger partial charge on any atom is -0.507 e. The van der Waals surface area contributed by atoms with E-state index in [4.69, 9.17) is 9.47 Å². The number of benzene rings is 2. The molecule has 1 N–H and O–H groups in total. The van der Waals surface area contributed by atoms with Crippen LogP contribution in [0.4, 0.5) is 0 Å². The van der Waals surface area contributed by atoms with E-state index in [0.717, 1.165) is 35.3 Å². The predicted molar refractivity (Wildman–Crippen MR) is 112 cm³/mol. The van der Waals surface area contributed by atoms with Crippen LogP contribution in [0, 0.1) is 6.92 Å². The van der Waals surface area contributed by atoms with Crippen LogP contribution in [-0.4, -0.2) is 48.6 Å². The van der Waals surface area contributed by atoms with Gasteiger partial charge >= 0.3 is 0 Å². The number of rotatable bonds is 5. The number of carbonyl (C=O) groups is 2. The van der Waals surface area contributed by atoms with Crippen molar-refractivity contribution in [2.24, 2.45) is 0 Å². The first-order chi connectivity index (χ1) is 14.5. The van der Waals surface area contributed by atoms with E-state index in [1.165, 1.54) is 4.90 Å². The fourth-order valence-electron chi connectivity index (χ4n) is 4.15. The van der Waals surface area contributed by atoms with E-state index in [0.29, 0.717) is 18.8 Å². The SMILES string of the molecule is COCCN1C(=O)C(=O)/C(=C(\O)c2ccc3c(c2)CCCO3)C1c1cccc(C)c1. The van der Waals surface area contributed by atoms with Gasteiger partial charge in [0, 0.05) is 19.2 Å². The molecule has 1 saturated heterocycles. The number of likely N-dealkylation sites (tertiary alicyclic amines) is 1. The van der Waals surface area contributed by atoms with Gasteiger partial charge in [0.15, 0.2) is 0 Å². The molecular weight excluding hydrogens is 382 g/mol. The maximum absolute atomic E-state index is 13.0. The van der Waals surface area contributed by atoms with Gasteiger partial charge in [0.2, 0.25) is 0 Å². The molecular formula is C24H25NO5. The number of fused-ring (bicyclic) bond motifs is 1. The lowest BCUT2D eigenvalue weighted by atomic mass is 9.93. The summed E-state index contributed by atoms with van der Waals surface area (Å²) in [7, 11) is 1.55. The first kappa shape index (κ1) is 20.2. The van der Waals surface area contributed by atoms with Gasteiger partial charge in [-0.25, -0.2) is 0 Å². The van der Waals surface area contributed by atoms with Crippen LogP contribution >= 0.6 is 0 Å². The van der Waals surface area contributed by atoms with Crippen LogP contribution in [-0.2, 0) is 20.7 Å². The smallest absolute Gasteiger partial charge is 0.295 e. The Morgan fingerprint density at radius 1 is 1.23 bits per heavy atom. The zero-order chi connectivity index (χ0) is 21.3. The number of ketones is 1. The highest BCUT2D eigenvalue weighted by molar-refractivity contribution is 6.46. The molecule has 2 aliphatic heterocycles. The van der Waals surface area contributed by atoms with Gasteiger partial charge < -0.3 is 19.5 Å². The van der Waals surface area contributed by atoms with Crippen LogP contribution < -0.4 is 4.74 Å². The Kier molecular flexibility index (Phi) is 5.59. The molecule has 0 aromatic heterocycles. The molecule has 1 amide bonds. The van der Waals surface area contributed by atoms with E-state index < -0.39 is 17.7 Å². The number of hydrogen-bond acceptors (Lipinski definition) is 5. The molecule has 2 aliphatic rings. The Labute approximate surface area is 175 Å². The Morgan fingerprint density at radius 2 is 2.07 bits per heavy atom. The van der Waals surface area contributed by atoms with Crippen molar-refractivity contribution in [1.82, 2.24) is 4.90 Å². The Bertz CT molecular complexity index is 1030. The monoisotopic (exact) mass is 407 g/mol. The van der Waals surface area contributed by atoms with Crippen LogP contribution in [0.5, 0.6) is 5.75 Å². The van der Waals surface area contributed by atoms with E-state index in [1.807, 2.05) is 43.3 Å². The molecule has 156 valence electrons. The van der Waals surface area contributed by atoms with Crippen molar-refractivity contribution in [2.45, 2.75) is 25.8 Å². The molecule has 4 rings (SSSR count). The number of aliphatic hydroxyl groups excluding tert-OH is 1. The number of methoxy groups -OCH3 is 1. The zero-order valence-corrected chi connectivity index (χ0v) is 17.2. The highest BCUT2D eigenvalue weighted by atomic mass is 16.5. The molecule has 2 heterocycles. The van der Waals surface area contributed by atoms with Gasteiger partial charge in [-0.2, -0.15) is 0 Å². The number of ether oxygens (including phenoxy) is 2. The first-order valence-electron chi connectivity index (χ1n) is 10.1. The summed E-state index contributed by atoms with van der Waals surface area (Å²) in [5, 5.41) is 11.2. The fraction of sp³-hybridized carbons (Fsp3) is 0.333. The standard InChI is InChI=1S/C24H25NO5/c1-15-5-3-6-17(13-15)21-20(23(27)24(28)25(21)10-12-29-2)22(26)18-8-9-19-16(14-18)7-4-11-30-19/h3,5-6,8-9,13-14,21,26H,4,7,10-12H2,1-2H3/b22-20-. The van der Waals surface area contributed by atoms with Gasteiger partial charge in [0.05, 0.1) is 24.8 Å². The van der Waals surface area contributed by atoms with Crippen molar-refractivity contribution < 1.29 is 24.2 Å². The molecule has 0 aliphatic carbocycles. The molecule has 30 heavy (non-hydrogen) atoms. The molecule has 0 radical (unpaired) electrons. The predicted octanol–water partition coefficient (Wildman–Crippen LogP) is 3.39. The Balaban J connectivity index is 1.84. The third kappa shape index (κ3) is 3.59. The molecule has 0 spiro atoms. The van der Waals surface area contributed by atoms with Crippen LogP contribution in [0.1, 0.15) is 34.7 Å². The van der Waals surface area contributed by atoms with Gasteiger partial charge in [-0.3, -0.25) is 9.59 Å². The number of aryl methyl sites for hydroxylation is 2. The molecule has 2 aromatic carbocycles. The minimum atomic E-state index is -0.677. The van der Waals surface area contributed by atoms with Crippen LogP contribution in [0.25, 0.3) is 5.76 Å². The van der Waals surface area contributed by atoms with E-state index in [1.54, 1.807) is 13.2 Å². The van der Waals surface area contributed by atoms with Gasteiger partial charge in [0.1, 0.15) is 11.5 Å². The number of carbonyl (C=O) groups excluding carboxylic acids is 2. The van der Waals surface area contributed by atoms with Gasteiger partial charge in [-0.1, -0.05) is 29.8 Å². The number of aliphatic hydroxyl groups is 1. The molecule has 1 atom stereocenters. The zero-order valence-electron chi connectivity index (χ0n) is 17.2. The van der Waals surface area contributed by atoms with Crippen molar-refractivity contribution in [1.29, 1.82) is 0 Å². The van der Waals surface area contributed by atoms with Crippen molar-refractivity contribution >= 4 is 17.4 Å². The molecule has 1 fully saturated rings. The van der Waals surface area contributed by atoms with Crippen molar-refractivity contribution in [3.63, 3.8) is 0 Å². The fourth-order valence-corrected chi connectivity index (χ4v) is 4.15. The first-order valence-corrected chi connectivity index (χ1v) is 10.1. The summed E-state index contributed by atoms with van der Waals surface area (Å²) >= 11 is 0. The lowest BCUT2D eigenvalue weighted by Crippen LogP contribution is -2.32. The Hall–Kier alpha value is -3.12. The van der Waals surface area contributed by atoms with Crippen molar-refractivity contribution in [2.75, 3.05) is 26.9 Å². The molecule has 6 nitrogen and oxygen atoms in total. The second kappa shape index (κ2) is 8.32. The largest absolute Gasteiger partial charge is 0.507 e. The summed E-state index contributed by atoms with van der Waals surface area (Å²) in [5.74, 6) is -0.660. The van der Waals surface area contributed by atoms with Crippen molar-refractivity contribution in [3.05, 3.63) is 70.3 Å². The van der Waals surface area contributed by atoms with Crippen molar-refractivity contribution in [3.8, 4) is 5.75 Å². The quantitative estimate of drug-likeness (QED) is 0.467. The van der Waals surface area contributed by atoms with Crippen LogP contribution in [0.3, 0.4) is 0 Å². The average molecular weight is 407 g/mol. The summed E-state index contributed by atoms with van der Waals surface area (Å²) in [5.41, 5.74) is 3.41. The molecule has 0 saturated carbocycles. The van der Waals surface area contributed by atoms with E-state index in [2.05, 4.69) is 0 Å². The molecule has 6 heteroatoms. The van der Waals surface area contributed by atoms with E-state index in [-0.39, 0.29) is 17.9 Å². The third-order valence-corrected chi connectivity index (χ3v) is 5.62. The number of nitrogens with zero attached hydrogens (tertiary/aromatic N) is 1. The topological polar surface area (TPSA) is 76.1 Å². The van der Waals surface area contributed by atoms with Crippen LogP contribution in [0.15, 0.2) is 48.0 Å². The van der Waals surface area contributed by atoms with Gasteiger partial charge in [-0.15, -0.1) is 0 Å². The summed E-state index contributed by atoms with van der Waals surface area (Å²) in [6, 6.07) is 12.4. The molecule has 0 bridgehead atoms. The maximum Gasteiger partial charge on any atom is 0.295 e. The molecule has 1 unspecified atom stereocenters. The number of Topliss-reactive ketones (excluding diaryl/α,β-unsaturated/α-hetero) is 1. The summed E-state index contributed by atoms with van der Waals surface area (Å²) in [4.78, 5) is 27.3. The van der Waals surface area contributed by atoms with Crippen LogP contribution in [0.2, 0.25) is 0 Å². The number of amides is 1. The lowest BCUT2D eigenvalue weighted by Gasteiger charge is -2.25. The second-order valence-corrected chi connectivity index (χ2v) is 7.67. The van der Waals surface area contributed by atoms with E-state index >= 15 is 0 Å². The Morgan fingerprint density at radius 3 is 2.83 bits per heavy atom. The van der Waals surface area contributed by atoms with E-state index in [9.17, 15) is 14.7 Å². The normalized spacial score (nSPS) is 20.2. The lowest BCUT2D eigenvalue weighted by molar-refractivity contribution is -0.140. The van der Waals surface area contributed by atoms with Gasteiger partial charge in [0.25, 0.3) is 11.7 Å². The maximum atomic E-state index is 13.0. The molecule has 2 aromatic rings. The average Bonchev–Trinajstić information content (AvgIpc) is 3.01. The summed E-state index contributed by atoms with van der Waals surface area (Å²) in [6.45, 7) is 3.19. The summed E-state index contributed by atoms with van der Waals surface area (Å²) in [6.07, 6.45) is 1.75. The second-order valence-electron chi connectivity index (χ2n) is 7.67. The third-order valence-electron chi connectivity index (χ3n) is 5.62. The summed E-state index contributed by atoms with van der Waals surface area (Å²) < 4.78 is 10.8. The highest BCUT2D eigenvalue weighted by Gasteiger charge is 2.45.